The van der Waals surface area contributed by atoms with E-state index in [1.165, 1.54) is 6.07 Å². The number of halogens is 1. The molecule has 1 rings (SSSR count). The molecule has 0 aromatic heterocycles. The largest absolute Gasteiger partial charge is 0.491 e. The molecule has 0 aliphatic rings. The Morgan fingerprint density at radius 2 is 1.94 bits per heavy atom. The molecule has 17 heavy (non-hydrogen) atoms. The van der Waals surface area contributed by atoms with E-state index in [4.69, 9.17) is 20.8 Å². The van der Waals surface area contributed by atoms with Crippen molar-refractivity contribution in [1.29, 1.82) is 0 Å². The molecule has 0 saturated carbocycles. The Bertz CT molecular complexity index is 504. The van der Waals surface area contributed by atoms with E-state index >= 15 is 0 Å². The number of rotatable bonds is 5. The number of anilines is 2. The number of benzene rings is 1. The van der Waals surface area contributed by atoms with Gasteiger partial charge in [-0.1, -0.05) is 0 Å². The van der Waals surface area contributed by atoms with Crippen LogP contribution in [0.25, 0.3) is 0 Å². The fraction of sp³-hybridized carbons (Fsp3) is 0.333. The number of nitrogens with two attached hydrogens (primary N) is 2. The summed E-state index contributed by atoms with van der Waals surface area (Å²) < 4.78 is 47.4. The molecule has 0 amide bonds. The number of nitrogen functional groups attached to an aromatic ring is 2. The highest BCUT2D eigenvalue weighted by Gasteiger charge is 2.08. The molecule has 0 fully saturated rings. The number of ether oxygens (including phenoxy) is 1. The lowest BCUT2D eigenvalue weighted by atomic mass is 10.2. The second-order valence-corrected chi connectivity index (χ2v) is 4.97. The van der Waals surface area contributed by atoms with E-state index < -0.39 is 21.7 Å². The summed E-state index contributed by atoms with van der Waals surface area (Å²) in [4.78, 5) is 0. The molecule has 8 heteroatoms. The fourth-order valence-corrected chi connectivity index (χ4v) is 1.62. The Balaban J connectivity index is 2.55. The van der Waals surface area contributed by atoms with E-state index in [-0.39, 0.29) is 30.2 Å². The lowest BCUT2D eigenvalue weighted by molar-refractivity contribution is 0.317. The standard InChI is InChI=1S/C9H13FN2O4S/c10-6-4-8(12)9(5-7(6)11)16-2-1-3-17(13,14)15/h4-5H,1-3,11-12H2,(H,13,14,15). The van der Waals surface area contributed by atoms with Crippen molar-refractivity contribution < 1.29 is 22.1 Å². The zero-order chi connectivity index (χ0) is 13.1. The van der Waals surface area contributed by atoms with Gasteiger partial charge in [-0.05, 0) is 6.42 Å². The first kappa shape index (κ1) is 13.5. The van der Waals surface area contributed by atoms with Gasteiger partial charge in [0.05, 0.1) is 23.7 Å². The minimum absolute atomic E-state index is 0.0229. The van der Waals surface area contributed by atoms with E-state index in [0.717, 1.165) is 6.07 Å². The molecule has 96 valence electrons. The summed E-state index contributed by atoms with van der Waals surface area (Å²) in [6.07, 6.45) is 0.0928. The minimum Gasteiger partial charge on any atom is -0.491 e. The van der Waals surface area contributed by atoms with Crippen LogP contribution in [0.3, 0.4) is 0 Å². The number of hydrogen-bond acceptors (Lipinski definition) is 5. The van der Waals surface area contributed by atoms with Crippen molar-refractivity contribution in [3.63, 3.8) is 0 Å². The van der Waals surface area contributed by atoms with Crippen LogP contribution in [0.1, 0.15) is 6.42 Å². The van der Waals surface area contributed by atoms with Gasteiger partial charge in [0.15, 0.2) is 0 Å². The second-order valence-electron chi connectivity index (χ2n) is 3.40. The Kier molecular flexibility index (Phi) is 4.13. The lowest BCUT2D eigenvalue weighted by Gasteiger charge is -2.09. The summed E-state index contributed by atoms with van der Waals surface area (Å²) in [5.74, 6) is -0.879. The van der Waals surface area contributed by atoms with Crippen LogP contribution in [-0.2, 0) is 10.1 Å². The molecule has 0 bridgehead atoms. The Morgan fingerprint density at radius 3 is 2.53 bits per heavy atom. The molecule has 1 aromatic rings. The fourth-order valence-electron chi connectivity index (χ4n) is 1.13. The molecule has 0 saturated heterocycles. The zero-order valence-electron chi connectivity index (χ0n) is 8.89. The quantitative estimate of drug-likeness (QED) is 0.408. The van der Waals surface area contributed by atoms with Gasteiger partial charge >= 0.3 is 0 Å². The van der Waals surface area contributed by atoms with Gasteiger partial charge in [-0.15, -0.1) is 0 Å². The van der Waals surface area contributed by atoms with Crippen LogP contribution in [0.5, 0.6) is 5.75 Å². The van der Waals surface area contributed by atoms with E-state index in [1.54, 1.807) is 0 Å². The Hall–Kier alpha value is -1.54. The van der Waals surface area contributed by atoms with Gasteiger partial charge in [0.25, 0.3) is 10.1 Å². The highest BCUT2D eigenvalue weighted by Crippen LogP contribution is 2.26. The highest BCUT2D eigenvalue weighted by atomic mass is 32.2. The average molecular weight is 264 g/mol. The van der Waals surface area contributed by atoms with E-state index in [9.17, 15) is 12.8 Å². The highest BCUT2D eigenvalue weighted by molar-refractivity contribution is 7.85. The zero-order valence-corrected chi connectivity index (χ0v) is 9.71. The van der Waals surface area contributed by atoms with E-state index in [0.29, 0.717) is 0 Å². The molecule has 6 nitrogen and oxygen atoms in total. The van der Waals surface area contributed by atoms with Crippen molar-refractivity contribution in [2.75, 3.05) is 23.8 Å². The summed E-state index contributed by atoms with van der Waals surface area (Å²) in [6.45, 7) is 0.0229. The lowest BCUT2D eigenvalue weighted by Crippen LogP contribution is -2.09. The van der Waals surface area contributed by atoms with Crippen LogP contribution in [0.15, 0.2) is 12.1 Å². The first-order valence-electron chi connectivity index (χ1n) is 4.72. The topological polar surface area (TPSA) is 116 Å². The summed E-state index contributed by atoms with van der Waals surface area (Å²) in [7, 11) is -4.00. The monoisotopic (exact) mass is 264 g/mol. The third kappa shape index (κ3) is 4.45. The van der Waals surface area contributed by atoms with Gasteiger partial charge in [-0.2, -0.15) is 8.42 Å². The Labute approximate surface area is 98.1 Å². The van der Waals surface area contributed by atoms with Crippen molar-refractivity contribution in [2.24, 2.45) is 0 Å². The molecule has 0 unspecified atom stereocenters. The maximum Gasteiger partial charge on any atom is 0.264 e. The van der Waals surface area contributed by atoms with Crippen molar-refractivity contribution >= 4 is 21.5 Å². The van der Waals surface area contributed by atoms with Crippen LogP contribution < -0.4 is 16.2 Å². The third-order valence-corrected chi connectivity index (χ3v) is 2.74. The van der Waals surface area contributed by atoms with E-state index in [2.05, 4.69) is 0 Å². The van der Waals surface area contributed by atoms with Crippen LogP contribution in [-0.4, -0.2) is 25.3 Å². The van der Waals surface area contributed by atoms with Crippen molar-refractivity contribution in [2.45, 2.75) is 6.42 Å². The molecule has 0 radical (unpaired) electrons. The maximum absolute atomic E-state index is 12.9. The summed E-state index contributed by atoms with van der Waals surface area (Å²) in [6, 6.07) is 2.24. The van der Waals surface area contributed by atoms with Crippen molar-refractivity contribution in [3.05, 3.63) is 17.9 Å². The normalized spacial score (nSPS) is 11.4. The summed E-state index contributed by atoms with van der Waals surface area (Å²) in [5, 5.41) is 0. The molecule has 1 aromatic carbocycles. The molecular formula is C9H13FN2O4S. The maximum atomic E-state index is 12.9. The molecule has 0 aliphatic carbocycles. The van der Waals surface area contributed by atoms with E-state index in [1.807, 2.05) is 0 Å². The van der Waals surface area contributed by atoms with Gasteiger partial charge in [-0.3, -0.25) is 4.55 Å². The third-order valence-electron chi connectivity index (χ3n) is 1.93. The predicted molar refractivity (Wildman–Crippen MR) is 61.8 cm³/mol. The summed E-state index contributed by atoms with van der Waals surface area (Å²) in [5.41, 5.74) is 10.8. The van der Waals surface area contributed by atoms with Gasteiger partial charge < -0.3 is 16.2 Å². The summed E-state index contributed by atoms with van der Waals surface area (Å²) >= 11 is 0. The first-order valence-corrected chi connectivity index (χ1v) is 6.33. The average Bonchev–Trinajstić information content (AvgIpc) is 2.18. The van der Waals surface area contributed by atoms with Gasteiger partial charge in [0.1, 0.15) is 11.6 Å². The van der Waals surface area contributed by atoms with Crippen molar-refractivity contribution in [1.82, 2.24) is 0 Å². The smallest absolute Gasteiger partial charge is 0.264 e. The Morgan fingerprint density at radius 1 is 1.29 bits per heavy atom. The molecule has 0 aliphatic heterocycles. The molecule has 0 atom stereocenters. The molecular weight excluding hydrogens is 251 g/mol. The molecule has 0 heterocycles. The molecule has 5 N–H and O–H groups in total. The van der Waals surface area contributed by atoms with Crippen molar-refractivity contribution in [3.8, 4) is 5.75 Å². The van der Waals surface area contributed by atoms with Gasteiger partial charge in [-0.25, -0.2) is 4.39 Å². The SMILES string of the molecule is Nc1cc(OCCCS(=O)(=O)O)c(N)cc1F. The van der Waals surface area contributed by atoms with Crippen LogP contribution in [0.4, 0.5) is 15.8 Å². The molecule has 0 spiro atoms. The second kappa shape index (κ2) is 5.19. The van der Waals surface area contributed by atoms with Gasteiger partial charge in [0, 0.05) is 12.1 Å². The predicted octanol–water partition coefficient (Wildman–Crippen LogP) is 0.647. The number of hydrogen-bond donors (Lipinski definition) is 3. The minimum atomic E-state index is -4.00. The first-order chi connectivity index (χ1) is 7.79. The van der Waals surface area contributed by atoms with Gasteiger partial charge in [0.2, 0.25) is 0 Å². The van der Waals surface area contributed by atoms with Crippen LogP contribution >= 0.6 is 0 Å². The van der Waals surface area contributed by atoms with Crippen LogP contribution in [0.2, 0.25) is 0 Å². The van der Waals surface area contributed by atoms with Crippen LogP contribution in [0, 0.1) is 5.82 Å².